The predicted molar refractivity (Wildman–Crippen MR) is 112 cm³/mol. The van der Waals surface area contributed by atoms with Crippen LogP contribution in [0.25, 0.3) is 0 Å². The lowest BCUT2D eigenvalue weighted by Gasteiger charge is -2.24. The van der Waals surface area contributed by atoms with Crippen molar-refractivity contribution in [3.05, 3.63) is 35.4 Å². The van der Waals surface area contributed by atoms with Crippen LogP contribution in [0.3, 0.4) is 0 Å². The molecule has 1 unspecified atom stereocenters. The molecule has 1 aromatic carbocycles. The fourth-order valence-electron chi connectivity index (χ4n) is 3.42. The molecule has 0 aliphatic carbocycles. The topological polar surface area (TPSA) is 68.8 Å². The standard InChI is InChI=1S/C21H35N5O/c1-4-12-23-20(27)18-10-7-9-17(14-18)15-24-21(22-5-2)25-16-19-11-8-13-26(19)6-3/h7,9-10,14,19H,4-6,8,11-13,15-16H2,1-3H3,(H,23,27)(H2,22,24,25). The van der Waals surface area contributed by atoms with Crippen LogP contribution in [-0.4, -0.2) is 55.5 Å². The van der Waals surface area contributed by atoms with E-state index in [1.807, 2.05) is 31.2 Å². The number of likely N-dealkylation sites (N-methyl/N-ethyl adjacent to an activating group) is 1. The van der Waals surface area contributed by atoms with Gasteiger partial charge in [-0.1, -0.05) is 26.0 Å². The number of guanidine groups is 1. The number of likely N-dealkylation sites (tertiary alicyclic amines) is 1. The number of hydrogen-bond donors (Lipinski definition) is 3. The van der Waals surface area contributed by atoms with Gasteiger partial charge in [-0.3, -0.25) is 9.69 Å². The minimum atomic E-state index is -0.0198. The van der Waals surface area contributed by atoms with E-state index in [-0.39, 0.29) is 5.91 Å². The molecular weight excluding hydrogens is 338 g/mol. The van der Waals surface area contributed by atoms with E-state index < -0.39 is 0 Å². The molecule has 2 rings (SSSR count). The Morgan fingerprint density at radius 2 is 2.07 bits per heavy atom. The lowest BCUT2D eigenvalue weighted by molar-refractivity contribution is 0.0953. The van der Waals surface area contributed by atoms with E-state index in [0.29, 0.717) is 24.7 Å². The quantitative estimate of drug-likeness (QED) is 0.459. The number of carbonyl (C=O) groups is 1. The molecule has 150 valence electrons. The van der Waals surface area contributed by atoms with Crippen LogP contribution >= 0.6 is 0 Å². The second kappa shape index (κ2) is 11.6. The first-order chi connectivity index (χ1) is 13.2. The third-order valence-corrected chi connectivity index (χ3v) is 4.90. The first kappa shape index (κ1) is 21.2. The number of benzene rings is 1. The third-order valence-electron chi connectivity index (χ3n) is 4.90. The van der Waals surface area contributed by atoms with Crippen LogP contribution in [0.2, 0.25) is 0 Å². The summed E-state index contributed by atoms with van der Waals surface area (Å²) in [5.41, 5.74) is 1.73. The number of rotatable bonds is 9. The van der Waals surface area contributed by atoms with E-state index in [1.54, 1.807) is 0 Å². The molecule has 1 amide bonds. The highest BCUT2D eigenvalue weighted by atomic mass is 16.1. The molecule has 1 aliphatic heterocycles. The van der Waals surface area contributed by atoms with Crippen LogP contribution in [0, 0.1) is 0 Å². The van der Waals surface area contributed by atoms with E-state index in [4.69, 9.17) is 4.99 Å². The van der Waals surface area contributed by atoms with E-state index in [2.05, 4.69) is 34.7 Å². The molecule has 1 saturated heterocycles. The average Bonchev–Trinajstić information content (AvgIpc) is 3.16. The van der Waals surface area contributed by atoms with E-state index in [1.165, 1.54) is 19.4 Å². The Morgan fingerprint density at radius 1 is 1.22 bits per heavy atom. The monoisotopic (exact) mass is 373 g/mol. The van der Waals surface area contributed by atoms with Gasteiger partial charge in [0.05, 0.1) is 6.54 Å². The molecule has 0 aromatic heterocycles. The first-order valence-corrected chi connectivity index (χ1v) is 10.3. The van der Waals surface area contributed by atoms with Crippen molar-refractivity contribution in [3.63, 3.8) is 0 Å². The molecule has 0 radical (unpaired) electrons. The van der Waals surface area contributed by atoms with Crippen LogP contribution in [0.5, 0.6) is 0 Å². The largest absolute Gasteiger partial charge is 0.357 e. The highest BCUT2D eigenvalue weighted by Crippen LogP contribution is 2.15. The molecule has 6 nitrogen and oxygen atoms in total. The van der Waals surface area contributed by atoms with Gasteiger partial charge in [0.1, 0.15) is 0 Å². The van der Waals surface area contributed by atoms with Crippen molar-refractivity contribution in [3.8, 4) is 0 Å². The Kier molecular flexibility index (Phi) is 9.11. The molecule has 1 fully saturated rings. The minimum Gasteiger partial charge on any atom is -0.357 e. The summed E-state index contributed by atoms with van der Waals surface area (Å²) >= 11 is 0. The molecule has 1 aliphatic rings. The molecule has 1 aromatic rings. The molecule has 0 saturated carbocycles. The lowest BCUT2D eigenvalue weighted by atomic mass is 10.1. The van der Waals surface area contributed by atoms with Gasteiger partial charge in [0.25, 0.3) is 5.91 Å². The van der Waals surface area contributed by atoms with Crippen LogP contribution in [0.4, 0.5) is 0 Å². The van der Waals surface area contributed by atoms with Crippen LogP contribution in [0.15, 0.2) is 29.3 Å². The lowest BCUT2D eigenvalue weighted by Crippen LogP contribution is -2.44. The zero-order valence-corrected chi connectivity index (χ0v) is 17.1. The summed E-state index contributed by atoms with van der Waals surface area (Å²) in [6.07, 6.45) is 3.46. The fraction of sp³-hybridized carbons (Fsp3) is 0.619. The van der Waals surface area contributed by atoms with Crippen molar-refractivity contribution in [2.24, 2.45) is 4.99 Å². The summed E-state index contributed by atoms with van der Waals surface area (Å²) in [6.45, 7) is 11.6. The average molecular weight is 374 g/mol. The number of carbonyl (C=O) groups excluding carboxylic acids is 1. The summed E-state index contributed by atoms with van der Waals surface area (Å²) in [7, 11) is 0. The number of nitrogens with zero attached hydrogens (tertiary/aromatic N) is 2. The van der Waals surface area contributed by atoms with Gasteiger partial charge >= 0.3 is 0 Å². The molecule has 6 heteroatoms. The minimum absolute atomic E-state index is 0.0198. The third kappa shape index (κ3) is 6.86. The van der Waals surface area contributed by atoms with Crippen molar-refractivity contribution in [2.45, 2.75) is 52.6 Å². The van der Waals surface area contributed by atoms with Gasteiger partial charge in [-0.05, 0) is 57.0 Å². The zero-order valence-electron chi connectivity index (χ0n) is 17.1. The van der Waals surface area contributed by atoms with Crippen molar-refractivity contribution in [1.82, 2.24) is 20.9 Å². The van der Waals surface area contributed by atoms with Gasteiger partial charge in [-0.2, -0.15) is 0 Å². The summed E-state index contributed by atoms with van der Waals surface area (Å²) in [6, 6.07) is 8.29. The summed E-state index contributed by atoms with van der Waals surface area (Å²) < 4.78 is 0. The van der Waals surface area contributed by atoms with Gasteiger partial charge in [0.2, 0.25) is 0 Å². The van der Waals surface area contributed by atoms with Crippen LogP contribution in [-0.2, 0) is 6.54 Å². The summed E-state index contributed by atoms with van der Waals surface area (Å²) in [5.74, 6) is 0.815. The Balaban J connectivity index is 1.94. The van der Waals surface area contributed by atoms with Crippen molar-refractivity contribution < 1.29 is 4.79 Å². The molecule has 1 heterocycles. The number of aliphatic imine (C=N–C) groups is 1. The number of nitrogens with one attached hydrogen (secondary N) is 3. The Hall–Kier alpha value is -2.08. The second-order valence-corrected chi connectivity index (χ2v) is 6.96. The molecule has 27 heavy (non-hydrogen) atoms. The molecular formula is C21H35N5O. The number of amides is 1. The second-order valence-electron chi connectivity index (χ2n) is 6.96. The Bertz CT molecular complexity index is 616. The van der Waals surface area contributed by atoms with Crippen molar-refractivity contribution in [1.29, 1.82) is 0 Å². The van der Waals surface area contributed by atoms with Crippen molar-refractivity contribution >= 4 is 11.9 Å². The molecule has 1 atom stereocenters. The normalized spacial score (nSPS) is 17.7. The maximum absolute atomic E-state index is 12.1. The van der Waals surface area contributed by atoms with Gasteiger partial charge in [0.15, 0.2) is 5.96 Å². The first-order valence-electron chi connectivity index (χ1n) is 10.3. The Labute approximate surface area is 163 Å². The summed E-state index contributed by atoms with van der Waals surface area (Å²) in [4.78, 5) is 19.4. The van der Waals surface area contributed by atoms with E-state index in [0.717, 1.165) is 37.6 Å². The molecule has 3 N–H and O–H groups in total. The Morgan fingerprint density at radius 3 is 2.81 bits per heavy atom. The predicted octanol–water partition coefficient (Wildman–Crippen LogP) is 2.37. The van der Waals surface area contributed by atoms with Crippen LogP contribution in [0.1, 0.15) is 56.0 Å². The van der Waals surface area contributed by atoms with Gasteiger partial charge < -0.3 is 16.0 Å². The van der Waals surface area contributed by atoms with Crippen molar-refractivity contribution in [2.75, 3.05) is 32.7 Å². The maximum atomic E-state index is 12.1. The van der Waals surface area contributed by atoms with Crippen LogP contribution < -0.4 is 16.0 Å². The van der Waals surface area contributed by atoms with Gasteiger partial charge in [0, 0.05) is 31.2 Å². The SMILES string of the molecule is CCCNC(=O)c1cccc(CN=C(NCC)NCC2CCCN2CC)c1. The molecule has 0 spiro atoms. The zero-order chi connectivity index (χ0) is 19.5. The number of hydrogen-bond acceptors (Lipinski definition) is 3. The van der Waals surface area contributed by atoms with E-state index in [9.17, 15) is 4.79 Å². The highest BCUT2D eigenvalue weighted by molar-refractivity contribution is 5.94. The summed E-state index contributed by atoms with van der Waals surface area (Å²) in [5, 5.41) is 9.71. The molecule has 0 bridgehead atoms. The fourth-order valence-corrected chi connectivity index (χ4v) is 3.42. The highest BCUT2D eigenvalue weighted by Gasteiger charge is 2.22. The maximum Gasteiger partial charge on any atom is 0.251 e. The smallest absolute Gasteiger partial charge is 0.251 e. The van der Waals surface area contributed by atoms with Gasteiger partial charge in [-0.25, -0.2) is 4.99 Å². The van der Waals surface area contributed by atoms with E-state index >= 15 is 0 Å². The van der Waals surface area contributed by atoms with Gasteiger partial charge in [-0.15, -0.1) is 0 Å².